The summed E-state index contributed by atoms with van der Waals surface area (Å²) in [4.78, 5) is 0.305. The fourth-order valence-corrected chi connectivity index (χ4v) is 3.08. The normalized spacial score (nSPS) is 11.5. The van der Waals surface area contributed by atoms with Gasteiger partial charge in [0.2, 0.25) is 10.0 Å². The minimum absolute atomic E-state index is 0.305. The van der Waals surface area contributed by atoms with E-state index in [1.807, 2.05) is 31.2 Å². The van der Waals surface area contributed by atoms with Crippen LogP contribution in [0.4, 0.5) is 0 Å². The van der Waals surface area contributed by atoms with Crippen LogP contribution < -0.4 is 4.72 Å². The van der Waals surface area contributed by atoms with E-state index >= 15 is 0 Å². The van der Waals surface area contributed by atoms with E-state index in [1.165, 1.54) is 0 Å². The Balaban J connectivity index is 1.96. The van der Waals surface area contributed by atoms with Gasteiger partial charge in [-0.05, 0) is 43.2 Å². The Kier molecular flexibility index (Phi) is 4.96. The molecule has 0 saturated carbocycles. The van der Waals surface area contributed by atoms with E-state index in [2.05, 4.69) is 20.7 Å². The van der Waals surface area contributed by atoms with Crippen molar-refractivity contribution in [3.8, 4) is 0 Å². The number of hydrogen-bond donors (Lipinski definition) is 1. The highest BCUT2D eigenvalue weighted by molar-refractivity contribution is 9.10. The van der Waals surface area contributed by atoms with Crippen molar-refractivity contribution < 1.29 is 8.42 Å². The third-order valence-electron chi connectivity index (χ3n) is 2.95. The summed E-state index contributed by atoms with van der Waals surface area (Å²) >= 11 is 3.37. The smallest absolute Gasteiger partial charge is 0.211 e. The second kappa shape index (κ2) is 6.52. The van der Waals surface area contributed by atoms with Crippen molar-refractivity contribution in [2.75, 3.05) is 6.54 Å². The molecule has 20 heavy (non-hydrogen) atoms. The third kappa shape index (κ3) is 4.16. The van der Waals surface area contributed by atoms with Gasteiger partial charge in [0.1, 0.15) is 0 Å². The summed E-state index contributed by atoms with van der Waals surface area (Å²) in [7, 11) is -3.41. The maximum Gasteiger partial charge on any atom is 0.240 e. The van der Waals surface area contributed by atoms with E-state index in [0.29, 0.717) is 17.9 Å². The molecule has 0 atom stereocenters. The molecule has 0 amide bonds. The van der Waals surface area contributed by atoms with Crippen LogP contribution in [-0.4, -0.2) is 15.0 Å². The van der Waals surface area contributed by atoms with Gasteiger partial charge >= 0.3 is 0 Å². The number of hydrogen-bond acceptors (Lipinski definition) is 2. The minimum Gasteiger partial charge on any atom is -0.211 e. The zero-order valence-electron chi connectivity index (χ0n) is 11.1. The van der Waals surface area contributed by atoms with Gasteiger partial charge < -0.3 is 0 Å². The van der Waals surface area contributed by atoms with Crippen LogP contribution in [0, 0.1) is 6.92 Å². The van der Waals surface area contributed by atoms with Crippen molar-refractivity contribution in [2.24, 2.45) is 0 Å². The van der Waals surface area contributed by atoms with Gasteiger partial charge in [-0.15, -0.1) is 0 Å². The van der Waals surface area contributed by atoms with E-state index in [9.17, 15) is 8.42 Å². The fourth-order valence-electron chi connectivity index (χ4n) is 1.78. The molecule has 0 radical (unpaired) electrons. The number of sulfonamides is 1. The zero-order valence-corrected chi connectivity index (χ0v) is 13.5. The van der Waals surface area contributed by atoms with Gasteiger partial charge in [-0.3, -0.25) is 0 Å². The van der Waals surface area contributed by atoms with Gasteiger partial charge in [0, 0.05) is 11.0 Å². The lowest BCUT2D eigenvalue weighted by molar-refractivity contribution is 0.581. The molecule has 0 aliphatic carbocycles. The quantitative estimate of drug-likeness (QED) is 0.896. The first-order chi connectivity index (χ1) is 9.47. The lowest BCUT2D eigenvalue weighted by Crippen LogP contribution is -2.25. The first-order valence-corrected chi connectivity index (χ1v) is 8.56. The summed E-state index contributed by atoms with van der Waals surface area (Å²) in [6.45, 7) is 2.31. The molecule has 0 heterocycles. The maximum atomic E-state index is 12.1. The van der Waals surface area contributed by atoms with Crippen molar-refractivity contribution in [1.82, 2.24) is 4.72 Å². The van der Waals surface area contributed by atoms with Gasteiger partial charge in [0.15, 0.2) is 0 Å². The second-order valence-corrected chi connectivity index (χ2v) is 7.27. The molecule has 5 heteroatoms. The Labute approximate surface area is 128 Å². The highest BCUT2D eigenvalue weighted by Crippen LogP contribution is 2.12. The number of halogens is 1. The number of aryl methyl sites for hydroxylation is 1. The molecule has 0 bridgehead atoms. The molecule has 2 aromatic rings. The SMILES string of the molecule is Cc1ccc(S(=O)(=O)NCCc2ccc(Br)cc2)cc1. The van der Waals surface area contributed by atoms with Gasteiger partial charge in [0.25, 0.3) is 0 Å². The summed E-state index contributed by atoms with van der Waals surface area (Å²) in [6, 6.07) is 14.7. The molecule has 0 spiro atoms. The first-order valence-electron chi connectivity index (χ1n) is 6.28. The average molecular weight is 354 g/mol. The largest absolute Gasteiger partial charge is 0.240 e. The van der Waals surface area contributed by atoms with Crippen molar-refractivity contribution in [3.05, 3.63) is 64.1 Å². The van der Waals surface area contributed by atoms with Crippen molar-refractivity contribution in [3.63, 3.8) is 0 Å². The molecular formula is C15H16BrNO2S. The van der Waals surface area contributed by atoms with Crippen LogP contribution in [0.15, 0.2) is 57.9 Å². The second-order valence-electron chi connectivity index (χ2n) is 4.59. The fraction of sp³-hybridized carbons (Fsp3) is 0.200. The predicted octanol–water partition coefficient (Wildman–Crippen LogP) is 3.28. The van der Waals surface area contributed by atoms with Crippen LogP contribution >= 0.6 is 15.9 Å². The summed E-state index contributed by atoms with van der Waals surface area (Å²) in [6.07, 6.45) is 0.665. The molecular weight excluding hydrogens is 338 g/mol. The molecule has 0 unspecified atom stereocenters. The summed E-state index contributed by atoms with van der Waals surface area (Å²) in [5.41, 5.74) is 2.14. The minimum atomic E-state index is -3.41. The van der Waals surface area contributed by atoms with Crippen LogP contribution in [0.1, 0.15) is 11.1 Å². The standard InChI is InChI=1S/C15H16BrNO2S/c1-12-2-8-15(9-3-12)20(18,19)17-11-10-13-4-6-14(16)7-5-13/h2-9,17H,10-11H2,1H3. The monoisotopic (exact) mass is 353 g/mol. The third-order valence-corrected chi connectivity index (χ3v) is 4.96. The number of benzene rings is 2. The van der Waals surface area contributed by atoms with E-state index in [4.69, 9.17) is 0 Å². The molecule has 0 aliphatic heterocycles. The molecule has 3 nitrogen and oxygen atoms in total. The lowest BCUT2D eigenvalue weighted by atomic mass is 10.2. The van der Waals surface area contributed by atoms with Crippen molar-refractivity contribution in [1.29, 1.82) is 0 Å². The Morgan fingerprint density at radius 3 is 2.20 bits per heavy atom. The van der Waals surface area contributed by atoms with Gasteiger partial charge in [-0.1, -0.05) is 45.8 Å². The molecule has 0 aliphatic rings. The van der Waals surface area contributed by atoms with Crippen molar-refractivity contribution in [2.45, 2.75) is 18.2 Å². The number of nitrogens with one attached hydrogen (secondary N) is 1. The molecule has 106 valence electrons. The molecule has 2 aromatic carbocycles. The Bertz CT molecular complexity index is 664. The highest BCUT2D eigenvalue weighted by atomic mass is 79.9. The summed E-state index contributed by atoms with van der Waals surface area (Å²) in [5.74, 6) is 0. The number of rotatable bonds is 5. The highest BCUT2D eigenvalue weighted by Gasteiger charge is 2.12. The summed E-state index contributed by atoms with van der Waals surface area (Å²) < 4.78 is 27.8. The van der Waals surface area contributed by atoms with E-state index in [1.54, 1.807) is 24.3 Å². The topological polar surface area (TPSA) is 46.2 Å². The Morgan fingerprint density at radius 2 is 1.60 bits per heavy atom. The van der Waals surface area contributed by atoms with Gasteiger partial charge in [-0.25, -0.2) is 13.1 Å². The van der Waals surface area contributed by atoms with Crippen LogP contribution in [0.5, 0.6) is 0 Å². The first kappa shape index (κ1) is 15.2. The van der Waals surface area contributed by atoms with Crippen LogP contribution in [-0.2, 0) is 16.4 Å². The van der Waals surface area contributed by atoms with Crippen LogP contribution in [0.25, 0.3) is 0 Å². The Hall–Kier alpha value is -1.17. The summed E-state index contributed by atoms with van der Waals surface area (Å²) in [5, 5.41) is 0. The molecule has 2 rings (SSSR count). The lowest BCUT2D eigenvalue weighted by Gasteiger charge is -2.07. The van der Waals surface area contributed by atoms with E-state index < -0.39 is 10.0 Å². The van der Waals surface area contributed by atoms with Crippen LogP contribution in [0.2, 0.25) is 0 Å². The van der Waals surface area contributed by atoms with E-state index in [0.717, 1.165) is 15.6 Å². The Morgan fingerprint density at radius 1 is 1.00 bits per heavy atom. The maximum absolute atomic E-state index is 12.1. The molecule has 0 saturated heterocycles. The average Bonchev–Trinajstić information content (AvgIpc) is 2.41. The molecule has 0 fully saturated rings. The zero-order chi connectivity index (χ0) is 14.6. The van der Waals surface area contributed by atoms with Gasteiger partial charge in [-0.2, -0.15) is 0 Å². The van der Waals surface area contributed by atoms with Gasteiger partial charge in [0.05, 0.1) is 4.90 Å². The molecule has 1 N–H and O–H groups in total. The molecule has 0 aromatic heterocycles. The predicted molar refractivity (Wildman–Crippen MR) is 84.2 cm³/mol. The van der Waals surface area contributed by atoms with Crippen LogP contribution in [0.3, 0.4) is 0 Å². The van der Waals surface area contributed by atoms with Crippen molar-refractivity contribution >= 4 is 26.0 Å². The van der Waals surface area contributed by atoms with E-state index in [-0.39, 0.29) is 0 Å².